The van der Waals surface area contributed by atoms with Gasteiger partial charge < -0.3 is 0 Å². The number of rotatable bonds is 5. The van der Waals surface area contributed by atoms with Gasteiger partial charge in [0.2, 0.25) is 10.0 Å². The molecule has 1 aromatic carbocycles. The van der Waals surface area contributed by atoms with Crippen molar-refractivity contribution in [3.8, 4) is 0 Å². The predicted octanol–water partition coefficient (Wildman–Crippen LogP) is 1.23. The van der Waals surface area contributed by atoms with Crippen LogP contribution in [0.3, 0.4) is 0 Å². The highest BCUT2D eigenvalue weighted by Gasteiger charge is 2.20. The third-order valence-electron chi connectivity index (χ3n) is 3.36. The minimum absolute atomic E-state index is 0.0480. The SMILES string of the molecule is CCn1cc(CNS(=O)(=O)c2cccc3nonc23)c(C)n1. The molecule has 0 saturated heterocycles. The fourth-order valence-corrected chi connectivity index (χ4v) is 3.30. The van der Waals surface area contributed by atoms with Crippen LogP contribution < -0.4 is 4.72 Å². The van der Waals surface area contributed by atoms with E-state index in [0.717, 1.165) is 17.8 Å². The molecule has 0 unspecified atom stereocenters. The Kier molecular flexibility index (Phi) is 3.67. The third-order valence-corrected chi connectivity index (χ3v) is 4.80. The van der Waals surface area contributed by atoms with Crippen molar-refractivity contribution in [1.82, 2.24) is 24.8 Å². The van der Waals surface area contributed by atoms with E-state index in [9.17, 15) is 8.42 Å². The average Bonchev–Trinajstić information content (AvgIpc) is 3.10. The first-order chi connectivity index (χ1) is 10.5. The van der Waals surface area contributed by atoms with E-state index >= 15 is 0 Å². The zero-order valence-electron chi connectivity index (χ0n) is 12.1. The number of nitrogens with zero attached hydrogens (tertiary/aromatic N) is 4. The number of hydrogen-bond acceptors (Lipinski definition) is 6. The monoisotopic (exact) mass is 321 g/mol. The number of aryl methyl sites for hydroxylation is 2. The van der Waals surface area contributed by atoms with Crippen LogP contribution >= 0.6 is 0 Å². The lowest BCUT2D eigenvalue weighted by atomic mass is 10.3. The summed E-state index contributed by atoms with van der Waals surface area (Å²) < 4.78 is 33.8. The van der Waals surface area contributed by atoms with Gasteiger partial charge in [0, 0.05) is 24.8 Å². The quantitative estimate of drug-likeness (QED) is 0.758. The van der Waals surface area contributed by atoms with E-state index in [2.05, 4.69) is 24.8 Å². The van der Waals surface area contributed by atoms with Crippen molar-refractivity contribution in [3.63, 3.8) is 0 Å². The fraction of sp³-hybridized carbons (Fsp3) is 0.308. The summed E-state index contributed by atoms with van der Waals surface area (Å²) in [5.74, 6) is 0. The van der Waals surface area contributed by atoms with Gasteiger partial charge in [-0.25, -0.2) is 17.8 Å². The van der Waals surface area contributed by atoms with Crippen molar-refractivity contribution < 1.29 is 13.0 Å². The average molecular weight is 321 g/mol. The first-order valence-electron chi connectivity index (χ1n) is 6.75. The van der Waals surface area contributed by atoms with Gasteiger partial charge in [-0.3, -0.25) is 4.68 Å². The summed E-state index contributed by atoms with van der Waals surface area (Å²) in [4.78, 5) is 0.0480. The lowest BCUT2D eigenvalue weighted by molar-refractivity contribution is 0.315. The predicted molar refractivity (Wildman–Crippen MR) is 78.5 cm³/mol. The number of fused-ring (bicyclic) bond motifs is 1. The number of aromatic nitrogens is 4. The van der Waals surface area contributed by atoms with Crippen LogP contribution in [0.4, 0.5) is 0 Å². The highest BCUT2D eigenvalue weighted by Crippen LogP contribution is 2.19. The van der Waals surface area contributed by atoms with E-state index in [-0.39, 0.29) is 17.0 Å². The number of hydrogen-bond donors (Lipinski definition) is 1. The molecule has 0 atom stereocenters. The zero-order chi connectivity index (χ0) is 15.7. The molecule has 2 aromatic heterocycles. The number of benzene rings is 1. The molecule has 8 nitrogen and oxygen atoms in total. The summed E-state index contributed by atoms with van der Waals surface area (Å²) in [5.41, 5.74) is 2.25. The minimum atomic E-state index is -3.72. The van der Waals surface area contributed by atoms with Gasteiger partial charge in [-0.2, -0.15) is 5.10 Å². The summed E-state index contributed by atoms with van der Waals surface area (Å²) in [6.45, 7) is 4.71. The Morgan fingerprint density at radius 3 is 2.86 bits per heavy atom. The Bertz CT molecular complexity index is 913. The molecule has 3 rings (SSSR count). The summed E-state index contributed by atoms with van der Waals surface area (Å²) in [6, 6.07) is 4.71. The van der Waals surface area contributed by atoms with Gasteiger partial charge in [0.1, 0.15) is 10.4 Å². The van der Waals surface area contributed by atoms with Gasteiger partial charge in [0.05, 0.1) is 5.69 Å². The first kappa shape index (κ1) is 14.7. The van der Waals surface area contributed by atoms with E-state index in [4.69, 9.17) is 0 Å². The summed E-state index contributed by atoms with van der Waals surface area (Å²) in [7, 11) is -3.72. The molecule has 0 aliphatic carbocycles. The Morgan fingerprint density at radius 1 is 1.32 bits per heavy atom. The molecule has 2 heterocycles. The summed E-state index contributed by atoms with van der Waals surface area (Å²) in [6.07, 6.45) is 1.83. The maximum absolute atomic E-state index is 12.5. The Balaban J connectivity index is 1.87. The maximum Gasteiger partial charge on any atom is 0.243 e. The summed E-state index contributed by atoms with van der Waals surface area (Å²) in [5, 5.41) is 11.6. The molecular weight excluding hydrogens is 306 g/mol. The van der Waals surface area contributed by atoms with Gasteiger partial charge in [-0.05, 0) is 36.3 Å². The summed E-state index contributed by atoms with van der Waals surface area (Å²) >= 11 is 0. The van der Waals surface area contributed by atoms with Gasteiger partial charge >= 0.3 is 0 Å². The third kappa shape index (κ3) is 2.60. The molecule has 116 valence electrons. The van der Waals surface area contributed by atoms with E-state index in [0.29, 0.717) is 5.52 Å². The fourth-order valence-electron chi connectivity index (χ4n) is 2.14. The lowest BCUT2D eigenvalue weighted by Gasteiger charge is -2.06. The number of sulfonamides is 1. The largest absolute Gasteiger partial charge is 0.272 e. The van der Waals surface area contributed by atoms with Crippen molar-refractivity contribution in [2.75, 3.05) is 0 Å². The second kappa shape index (κ2) is 5.50. The van der Waals surface area contributed by atoms with Crippen LogP contribution in [0.5, 0.6) is 0 Å². The zero-order valence-corrected chi connectivity index (χ0v) is 13.0. The van der Waals surface area contributed by atoms with Crippen molar-refractivity contribution in [2.45, 2.75) is 31.8 Å². The van der Waals surface area contributed by atoms with Crippen LogP contribution in [-0.2, 0) is 23.1 Å². The smallest absolute Gasteiger partial charge is 0.243 e. The number of nitrogens with one attached hydrogen (secondary N) is 1. The Morgan fingerprint density at radius 2 is 2.14 bits per heavy atom. The molecule has 0 amide bonds. The highest BCUT2D eigenvalue weighted by atomic mass is 32.2. The lowest BCUT2D eigenvalue weighted by Crippen LogP contribution is -2.23. The van der Waals surface area contributed by atoms with Gasteiger partial charge in [-0.15, -0.1) is 0 Å². The molecule has 0 saturated carbocycles. The van der Waals surface area contributed by atoms with Crippen LogP contribution in [0.2, 0.25) is 0 Å². The van der Waals surface area contributed by atoms with Crippen LogP contribution in [-0.4, -0.2) is 28.5 Å². The van der Waals surface area contributed by atoms with Crippen molar-refractivity contribution in [2.24, 2.45) is 0 Å². The molecule has 3 aromatic rings. The van der Waals surface area contributed by atoms with Crippen LogP contribution in [0, 0.1) is 6.92 Å². The molecule has 9 heteroatoms. The molecule has 0 aliphatic heterocycles. The second-order valence-electron chi connectivity index (χ2n) is 4.81. The van der Waals surface area contributed by atoms with Crippen LogP contribution in [0.25, 0.3) is 11.0 Å². The topological polar surface area (TPSA) is 103 Å². The molecule has 1 N–H and O–H groups in total. The van der Waals surface area contributed by atoms with Gasteiger partial charge in [-0.1, -0.05) is 6.07 Å². The van der Waals surface area contributed by atoms with E-state index in [1.807, 2.05) is 20.0 Å². The molecule has 0 spiro atoms. The van der Waals surface area contributed by atoms with E-state index < -0.39 is 10.0 Å². The highest BCUT2D eigenvalue weighted by molar-refractivity contribution is 7.89. The molecule has 0 radical (unpaired) electrons. The normalized spacial score (nSPS) is 12.1. The van der Waals surface area contributed by atoms with E-state index in [1.54, 1.807) is 16.8 Å². The van der Waals surface area contributed by atoms with E-state index in [1.165, 1.54) is 6.07 Å². The molecule has 0 aliphatic rings. The molecule has 22 heavy (non-hydrogen) atoms. The van der Waals surface area contributed by atoms with Crippen LogP contribution in [0.1, 0.15) is 18.2 Å². The Labute approximate surface area is 127 Å². The van der Waals surface area contributed by atoms with Crippen molar-refractivity contribution in [1.29, 1.82) is 0 Å². The van der Waals surface area contributed by atoms with Crippen molar-refractivity contribution >= 4 is 21.1 Å². The van der Waals surface area contributed by atoms with Crippen molar-refractivity contribution in [3.05, 3.63) is 35.7 Å². The maximum atomic E-state index is 12.5. The molecule has 0 fully saturated rings. The van der Waals surface area contributed by atoms with Gasteiger partial charge in [0.15, 0.2) is 5.52 Å². The van der Waals surface area contributed by atoms with Gasteiger partial charge in [0.25, 0.3) is 0 Å². The molecular formula is C13H15N5O3S. The first-order valence-corrected chi connectivity index (χ1v) is 8.23. The second-order valence-corrected chi connectivity index (χ2v) is 6.54. The standard InChI is InChI=1S/C13H15N5O3S/c1-3-18-8-10(9(2)15-18)7-14-22(19,20)12-6-4-5-11-13(12)17-21-16-11/h4-6,8,14H,3,7H2,1-2H3. The van der Waals surface area contributed by atoms with Crippen LogP contribution in [0.15, 0.2) is 33.9 Å². The Hall–Kier alpha value is -2.26. The minimum Gasteiger partial charge on any atom is -0.272 e. The molecule has 0 bridgehead atoms.